The molecule has 0 aromatic heterocycles. The van der Waals surface area contributed by atoms with Crippen LogP contribution < -0.4 is 0 Å². The molecule has 0 N–H and O–H groups in total. The van der Waals surface area contributed by atoms with Crippen LogP contribution in [0.4, 0.5) is 0 Å². The van der Waals surface area contributed by atoms with Gasteiger partial charge in [0.25, 0.3) is 0 Å². The van der Waals surface area contributed by atoms with E-state index in [1.54, 1.807) is 0 Å². The molecule has 2 aliphatic heterocycles. The summed E-state index contributed by atoms with van der Waals surface area (Å²) in [6.45, 7) is 10.6. The standard InChI is InChI=1S/C8H17N.C6H8O3/c1-2-6-9-7-4-3-5-8-9;1-2-6(7)9-4-5-3-8-5/h2-8H2,1H3;2,5H,1,3-4H2. The molecule has 0 spiro atoms. The minimum absolute atomic E-state index is 0.147. The molecular weight excluding hydrogens is 230 g/mol. The SMILES string of the molecule is C=CC(=O)OCC1CO1.CCCN1CCCCC1. The molecule has 0 amide bonds. The van der Waals surface area contributed by atoms with Crippen molar-refractivity contribution in [2.24, 2.45) is 0 Å². The Morgan fingerprint density at radius 3 is 2.61 bits per heavy atom. The molecule has 0 aliphatic carbocycles. The van der Waals surface area contributed by atoms with E-state index in [1.807, 2.05) is 0 Å². The fraction of sp³-hybridized carbons (Fsp3) is 0.786. The van der Waals surface area contributed by atoms with Gasteiger partial charge in [0.15, 0.2) is 0 Å². The van der Waals surface area contributed by atoms with Gasteiger partial charge >= 0.3 is 5.97 Å². The van der Waals surface area contributed by atoms with E-state index in [9.17, 15) is 4.79 Å². The summed E-state index contributed by atoms with van der Waals surface area (Å²) in [5.74, 6) is -0.384. The molecule has 0 aromatic carbocycles. The summed E-state index contributed by atoms with van der Waals surface area (Å²) < 4.78 is 9.42. The Morgan fingerprint density at radius 2 is 2.11 bits per heavy atom. The second kappa shape index (κ2) is 9.11. The first-order chi connectivity index (χ1) is 8.76. The molecule has 2 aliphatic rings. The lowest BCUT2D eigenvalue weighted by atomic mass is 10.1. The number of carbonyl (C=O) groups excluding carboxylic acids is 1. The van der Waals surface area contributed by atoms with Crippen LogP contribution in [0.15, 0.2) is 12.7 Å². The first-order valence-electron chi connectivity index (χ1n) is 6.89. The molecule has 2 heterocycles. The lowest BCUT2D eigenvalue weighted by molar-refractivity contribution is -0.138. The van der Waals surface area contributed by atoms with Crippen molar-refractivity contribution in [2.45, 2.75) is 38.7 Å². The van der Waals surface area contributed by atoms with Gasteiger partial charge < -0.3 is 14.4 Å². The molecule has 0 saturated carbocycles. The van der Waals surface area contributed by atoms with Gasteiger partial charge in [-0.05, 0) is 38.9 Å². The number of likely N-dealkylation sites (tertiary alicyclic amines) is 1. The highest BCUT2D eigenvalue weighted by Gasteiger charge is 2.23. The predicted molar refractivity (Wildman–Crippen MR) is 71.5 cm³/mol. The number of hydrogen-bond donors (Lipinski definition) is 0. The molecule has 2 fully saturated rings. The lowest BCUT2D eigenvalue weighted by Crippen LogP contribution is -2.30. The molecule has 4 nitrogen and oxygen atoms in total. The molecule has 4 heteroatoms. The molecular formula is C14H25NO3. The average Bonchev–Trinajstić information content (AvgIpc) is 3.22. The molecule has 0 radical (unpaired) electrons. The highest BCUT2D eigenvalue weighted by atomic mass is 16.6. The highest BCUT2D eigenvalue weighted by molar-refractivity contribution is 5.81. The third-order valence-corrected chi connectivity index (χ3v) is 2.97. The van der Waals surface area contributed by atoms with Crippen LogP contribution in [0.1, 0.15) is 32.6 Å². The molecule has 0 aromatic rings. The molecule has 2 rings (SSSR count). The molecule has 18 heavy (non-hydrogen) atoms. The van der Waals surface area contributed by atoms with Crippen LogP contribution in [0.25, 0.3) is 0 Å². The topological polar surface area (TPSA) is 42.1 Å². The highest BCUT2D eigenvalue weighted by Crippen LogP contribution is 2.08. The van der Waals surface area contributed by atoms with Gasteiger partial charge in [-0.15, -0.1) is 0 Å². The number of nitrogens with zero attached hydrogens (tertiary/aromatic N) is 1. The smallest absolute Gasteiger partial charge is 0.330 e. The summed E-state index contributed by atoms with van der Waals surface area (Å²) in [5.41, 5.74) is 0. The van der Waals surface area contributed by atoms with Gasteiger partial charge in [0.05, 0.1) is 6.61 Å². The fourth-order valence-electron chi connectivity index (χ4n) is 1.90. The van der Waals surface area contributed by atoms with E-state index in [1.165, 1.54) is 45.3 Å². The average molecular weight is 255 g/mol. The van der Waals surface area contributed by atoms with Crippen LogP contribution in [0.5, 0.6) is 0 Å². The zero-order chi connectivity index (χ0) is 13.2. The summed E-state index contributed by atoms with van der Waals surface area (Å²) in [7, 11) is 0. The van der Waals surface area contributed by atoms with E-state index < -0.39 is 0 Å². The van der Waals surface area contributed by atoms with Crippen LogP contribution >= 0.6 is 0 Å². The van der Waals surface area contributed by atoms with Crippen molar-refractivity contribution in [1.29, 1.82) is 0 Å². The van der Waals surface area contributed by atoms with Crippen molar-refractivity contribution in [3.63, 3.8) is 0 Å². The van der Waals surface area contributed by atoms with Crippen molar-refractivity contribution in [1.82, 2.24) is 4.90 Å². The van der Waals surface area contributed by atoms with Gasteiger partial charge in [-0.1, -0.05) is 19.9 Å². The number of esters is 1. The minimum atomic E-state index is -0.384. The van der Waals surface area contributed by atoms with Crippen LogP contribution in [-0.2, 0) is 14.3 Å². The number of piperidine rings is 1. The monoisotopic (exact) mass is 255 g/mol. The number of ether oxygens (including phenoxy) is 2. The zero-order valence-electron chi connectivity index (χ0n) is 11.4. The second-order valence-corrected chi connectivity index (χ2v) is 4.69. The Morgan fingerprint density at radius 1 is 1.44 bits per heavy atom. The van der Waals surface area contributed by atoms with E-state index in [4.69, 9.17) is 4.74 Å². The van der Waals surface area contributed by atoms with Crippen LogP contribution in [-0.4, -0.2) is 49.8 Å². The Balaban J connectivity index is 0.000000180. The fourth-order valence-corrected chi connectivity index (χ4v) is 1.90. The van der Waals surface area contributed by atoms with Crippen LogP contribution in [0.2, 0.25) is 0 Å². The Bertz CT molecular complexity index is 243. The third kappa shape index (κ3) is 7.45. The largest absolute Gasteiger partial charge is 0.460 e. The molecule has 0 bridgehead atoms. The first kappa shape index (κ1) is 15.2. The Kier molecular flexibility index (Phi) is 7.69. The molecule has 1 unspecified atom stereocenters. The van der Waals surface area contributed by atoms with E-state index in [0.29, 0.717) is 13.2 Å². The zero-order valence-corrected chi connectivity index (χ0v) is 11.4. The van der Waals surface area contributed by atoms with Gasteiger partial charge in [-0.3, -0.25) is 0 Å². The quantitative estimate of drug-likeness (QED) is 0.428. The van der Waals surface area contributed by atoms with Crippen LogP contribution in [0.3, 0.4) is 0 Å². The molecule has 1 atom stereocenters. The van der Waals surface area contributed by atoms with Crippen LogP contribution in [0, 0.1) is 0 Å². The number of carbonyl (C=O) groups is 1. The molecule has 2 saturated heterocycles. The second-order valence-electron chi connectivity index (χ2n) is 4.69. The number of epoxide rings is 1. The van der Waals surface area contributed by atoms with E-state index in [-0.39, 0.29) is 12.1 Å². The van der Waals surface area contributed by atoms with Gasteiger partial charge in [-0.25, -0.2) is 4.79 Å². The summed E-state index contributed by atoms with van der Waals surface area (Å²) in [6, 6.07) is 0. The van der Waals surface area contributed by atoms with Crippen molar-refractivity contribution in [2.75, 3.05) is 32.8 Å². The van der Waals surface area contributed by atoms with Gasteiger partial charge in [-0.2, -0.15) is 0 Å². The first-order valence-corrected chi connectivity index (χ1v) is 6.89. The van der Waals surface area contributed by atoms with E-state index in [0.717, 1.165) is 6.08 Å². The maximum Gasteiger partial charge on any atom is 0.330 e. The van der Waals surface area contributed by atoms with Crippen molar-refractivity contribution in [3.8, 4) is 0 Å². The Hall–Kier alpha value is -0.870. The maximum atomic E-state index is 10.3. The number of rotatable bonds is 5. The van der Waals surface area contributed by atoms with Crippen molar-refractivity contribution in [3.05, 3.63) is 12.7 Å². The van der Waals surface area contributed by atoms with E-state index >= 15 is 0 Å². The minimum Gasteiger partial charge on any atom is -0.460 e. The summed E-state index contributed by atoms with van der Waals surface area (Å²) in [5, 5.41) is 0. The maximum absolute atomic E-state index is 10.3. The third-order valence-electron chi connectivity index (χ3n) is 2.97. The van der Waals surface area contributed by atoms with E-state index in [2.05, 4.69) is 23.1 Å². The number of hydrogen-bond acceptors (Lipinski definition) is 4. The summed E-state index contributed by atoms with van der Waals surface area (Å²) in [4.78, 5) is 12.9. The summed E-state index contributed by atoms with van der Waals surface area (Å²) in [6.07, 6.45) is 6.93. The van der Waals surface area contributed by atoms with Crippen molar-refractivity contribution < 1.29 is 14.3 Å². The van der Waals surface area contributed by atoms with Gasteiger partial charge in [0.1, 0.15) is 12.7 Å². The normalized spacial score (nSPS) is 22.6. The Labute approximate surface area is 110 Å². The summed E-state index contributed by atoms with van der Waals surface area (Å²) >= 11 is 0. The predicted octanol–water partition coefficient (Wildman–Crippen LogP) is 2.00. The molecule has 104 valence electrons. The van der Waals surface area contributed by atoms with Gasteiger partial charge in [0.2, 0.25) is 0 Å². The van der Waals surface area contributed by atoms with Gasteiger partial charge in [0, 0.05) is 6.08 Å². The lowest BCUT2D eigenvalue weighted by Gasteiger charge is -2.25. The van der Waals surface area contributed by atoms with Crippen molar-refractivity contribution >= 4 is 5.97 Å².